The van der Waals surface area contributed by atoms with Crippen LogP contribution in [-0.4, -0.2) is 16.6 Å². The molecule has 2 aromatic heterocycles. The van der Waals surface area contributed by atoms with Crippen molar-refractivity contribution in [3.63, 3.8) is 0 Å². The van der Waals surface area contributed by atoms with Crippen LogP contribution in [0.5, 0.6) is 5.75 Å². The van der Waals surface area contributed by atoms with Gasteiger partial charge in [-0.15, -0.1) is 0 Å². The summed E-state index contributed by atoms with van der Waals surface area (Å²) in [5, 5.41) is 5.30. The van der Waals surface area contributed by atoms with Crippen molar-refractivity contribution in [2.24, 2.45) is 0 Å². The lowest BCUT2D eigenvalue weighted by Gasteiger charge is -2.12. The molecule has 4 nitrogen and oxygen atoms in total. The van der Waals surface area contributed by atoms with Gasteiger partial charge < -0.3 is 10.1 Å². The van der Waals surface area contributed by atoms with Crippen LogP contribution in [0.15, 0.2) is 36.7 Å². The Bertz CT molecular complexity index is 900. The third kappa shape index (κ3) is 2.47. The molecule has 1 aliphatic rings. The molecule has 116 valence electrons. The smallest absolute Gasteiger partial charge is 0.137 e. The fourth-order valence-electron chi connectivity index (χ4n) is 2.89. The molecule has 1 aliphatic heterocycles. The first kappa shape index (κ1) is 14.2. The minimum atomic E-state index is -0.235. The molecule has 0 aliphatic carbocycles. The number of aromatic nitrogens is 2. The van der Waals surface area contributed by atoms with Crippen LogP contribution < -0.4 is 10.1 Å². The highest BCUT2D eigenvalue weighted by Crippen LogP contribution is 2.31. The average Bonchev–Trinajstić information content (AvgIpc) is 3.03. The fourth-order valence-corrected chi connectivity index (χ4v) is 3.11. The largest absolute Gasteiger partial charge is 0.493 e. The summed E-state index contributed by atoms with van der Waals surface area (Å²) in [6.07, 6.45) is 4.02. The molecular weight excluding hydrogens is 317 g/mol. The first-order valence-corrected chi connectivity index (χ1v) is 7.68. The van der Waals surface area contributed by atoms with Crippen LogP contribution in [0.4, 0.5) is 10.2 Å². The zero-order chi connectivity index (χ0) is 15.8. The summed E-state index contributed by atoms with van der Waals surface area (Å²) in [5.41, 5.74) is 1.55. The van der Waals surface area contributed by atoms with E-state index >= 15 is 0 Å². The van der Waals surface area contributed by atoms with Crippen LogP contribution in [0.2, 0.25) is 5.15 Å². The summed E-state index contributed by atoms with van der Waals surface area (Å²) in [4.78, 5) is 8.40. The van der Waals surface area contributed by atoms with Crippen molar-refractivity contribution in [1.82, 2.24) is 9.97 Å². The minimum absolute atomic E-state index is 0.235. The Morgan fingerprint density at radius 1 is 1.13 bits per heavy atom. The molecule has 0 saturated heterocycles. The van der Waals surface area contributed by atoms with E-state index < -0.39 is 0 Å². The van der Waals surface area contributed by atoms with Gasteiger partial charge >= 0.3 is 0 Å². The van der Waals surface area contributed by atoms with Gasteiger partial charge in [-0.1, -0.05) is 11.6 Å². The highest BCUT2D eigenvalue weighted by atomic mass is 35.5. The van der Waals surface area contributed by atoms with Crippen molar-refractivity contribution >= 4 is 28.2 Å². The average molecular weight is 330 g/mol. The van der Waals surface area contributed by atoms with Gasteiger partial charge in [-0.05, 0) is 24.3 Å². The van der Waals surface area contributed by atoms with Crippen molar-refractivity contribution in [2.45, 2.75) is 13.0 Å². The second kappa shape index (κ2) is 5.66. The second-order valence-electron chi connectivity index (χ2n) is 5.31. The number of nitrogens with zero attached hydrogens (tertiary/aromatic N) is 2. The van der Waals surface area contributed by atoms with Crippen LogP contribution >= 0.6 is 11.6 Å². The van der Waals surface area contributed by atoms with Crippen molar-refractivity contribution < 1.29 is 9.13 Å². The van der Waals surface area contributed by atoms with Crippen LogP contribution in [0.3, 0.4) is 0 Å². The number of nitrogens with one attached hydrogen (secondary N) is 1. The number of hydrogen-bond acceptors (Lipinski definition) is 4. The quantitative estimate of drug-likeness (QED) is 0.739. The fraction of sp³-hybridized carbons (Fsp3) is 0.176. The minimum Gasteiger partial charge on any atom is -0.493 e. The summed E-state index contributed by atoms with van der Waals surface area (Å²) >= 11 is 6.10. The molecule has 0 radical (unpaired) electrons. The van der Waals surface area contributed by atoms with E-state index in [0.717, 1.165) is 28.5 Å². The number of fused-ring (bicyclic) bond motifs is 2. The van der Waals surface area contributed by atoms with Crippen molar-refractivity contribution in [2.75, 3.05) is 11.9 Å². The lowest BCUT2D eigenvalue weighted by molar-refractivity contribution is 0.356. The van der Waals surface area contributed by atoms with Crippen molar-refractivity contribution in [3.8, 4) is 5.75 Å². The number of pyridine rings is 2. The highest BCUT2D eigenvalue weighted by Gasteiger charge is 2.19. The van der Waals surface area contributed by atoms with Crippen LogP contribution in [0, 0.1) is 5.82 Å². The molecule has 3 aromatic rings. The van der Waals surface area contributed by atoms with Crippen LogP contribution in [0.1, 0.15) is 11.1 Å². The van der Waals surface area contributed by atoms with Crippen LogP contribution in [0.25, 0.3) is 10.8 Å². The molecule has 23 heavy (non-hydrogen) atoms. The zero-order valence-electron chi connectivity index (χ0n) is 12.1. The van der Waals surface area contributed by atoms with Crippen molar-refractivity contribution in [1.29, 1.82) is 0 Å². The number of hydrogen-bond donors (Lipinski definition) is 1. The molecular formula is C17H13ClFN3O. The monoisotopic (exact) mass is 329 g/mol. The first-order valence-electron chi connectivity index (χ1n) is 7.30. The Morgan fingerprint density at radius 2 is 1.96 bits per heavy atom. The number of halogens is 2. The summed E-state index contributed by atoms with van der Waals surface area (Å²) in [7, 11) is 0. The maximum absolute atomic E-state index is 14.2. The number of ether oxygens (including phenoxy) is 1. The maximum atomic E-state index is 14.2. The lowest BCUT2D eigenvalue weighted by Crippen LogP contribution is -2.06. The number of benzene rings is 1. The zero-order valence-corrected chi connectivity index (χ0v) is 12.9. The van der Waals surface area contributed by atoms with Gasteiger partial charge in [0.2, 0.25) is 0 Å². The van der Waals surface area contributed by atoms with E-state index in [1.165, 1.54) is 6.07 Å². The van der Waals surface area contributed by atoms with Gasteiger partial charge in [0, 0.05) is 47.3 Å². The summed E-state index contributed by atoms with van der Waals surface area (Å²) in [5.74, 6) is 1.19. The van der Waals surface area contributed by atoms with E-state index in [2.05, 4.69) is 15.3 Å². The predicted molar refractivity (Wildman–Crippen MR) is 87.5 cm³/mol. The molecule has 0 spiro atoms. The molecule has 0 unspecified atom stereocenters. The molecule has 0 amide bonds. The van der Waals surface area contributed by atoms with E-state index in [1.807, 2.05) is 12.1 Å². The second-order valence-corrected chi connectivity index (χ2v) is 5.67. The highest BCUT2D eigenvalue weighted by molar-refractivity contribution is 6.34. The molecule has 3 heterocycles. The Hall–Kier alpha value is -2.40. The topological polar surface area (TPSA) is 47.0 Å². The van der Waals surface area contributed by atoms with Gasteiger partial charge in [-0.2, -0.15) is 0 Å². The van der Waals surface area contributed by atoms with E-state index in [-0.39, 0.29) is 5.82 Å². The van der Waals surface area contributed by atoms with Gasteiger partial charge in [0.25, 0.3) is 0 Å². The SMILES string of the molecule is Fc1ccc2c(c1CNc1nccc3c(Cl)nccc13)CCO2. The molecule has 0 bridgehead atoms. The third-order valence-corrected chi connectivity index (χ3v) is 4.32. The Labute approximate surface area is 137 Å². The molecule has 0 atom stereocenters. The van der Waals surface area contributed by atoms with Gasteiger partial charge in [-0.3, -0.25) is 0 Å². The standard InChI is InChI=1S/C17H13ClFN3O/c18-16-11-3-7-21-17(12(11)4-6-20-16)22-9-13-10-5-8-23-15(10)2-1-14(13)19/h1-4,6-7H,5,8-9H2,(H,21,22). The normalized spacial score (nSPS) is 13.0. The third-order valence-electron chi connectivity index (χ3n) is 4.01. The molecule has 0 saturated carbocycles. The predicted octanol–water partition coefficient (Wildman–Crippen LogP) is 3.97. The van der Waals surface area contributed by atoms with Gasteiger partial charge in [0.15, 0.2) is 0 Å². The van der Waals surface area contributed by atoms with Gasteiger partial charge in [-0.25, -0.2) is 14.4 Å². The van der Waals surface area contributed by atoms with E-state index in [0.29, 0.717) is 29.7 Å². The van der Waals surface area contributed by atoms with Gasteiger partial charge in [0.1, 0.15) is 22.5 Å². The maximum Gasteiger partial charge on any atom is 0.137 e. The lowest BCUT2D eigenvalue weighted by atomic mass is 10.0. The van der Waals surface area contributed by atoms with E-state index in [4.69, 9.17) is 16.3 Å². The molecule has 1 aromatic carbocycles. The van der Waals surface area contributed by atoms with Gasteiger partial charge in [0.05, 0.1) is 6.61 Å². The number of rotatable bonds is 3. The van der Waals surface area contributed by atoms with E-state index in [9.17, 15) is 4.39 Å². The van der Waals surface area contributed by atoms with E-state index in [1.54, 1.807) is 18.5 Å². The molecule has 0 fully saturated rings. The Balaban J connectivity index is 1.69. The molecule has 4 rings (SSSR count). The van der Waals surface area contributed by atoms with Crippen LogP contribution in [-0.2, 0) is 13.0 Å². The molecule has 1 N–H and O–H groups in total. The molecule has 6 heteroatoms. The summed E-state index contributed by atoms with van der Waals surface area (Å²) in [6.45, 7) is 0.935. The summed E-state index contributed by atoms with van der Waals surface area (Å²) < 4.78 is 19.7. The first-order chi connectivity index (χ1) is 11.2. The Kier molecular flexibility index (Phi) is 3.50. The van der Waals surface area contributed by atoms with Crippen molar-refractivity contribution in [3.05, 3.63) is 58.8 Å². The number of anilines is 1. The Morgan fingerprint density at radius 3 is 2.87 bits per heavy atom. The summed E-state index contributed by atoms with van der Waals surface area (Å²) in [6, 6.07) is 6.77.